The smallest absolute Gasteiger partial charge is 0.256 e. The van der Waals surface area contributed by atoms with Crippen LogP contribution in [0.4, 0.5) is 19.1 Å². The van der Waals surface area contributed by atoms with Crippen molar-refractivity contribution < 1.29 is 22.7 Å². The molecule has 1 saturated carbocycles. The van der Waals surface area contributed by atoms with Gasteiger partial charge in [0.2, 0.25) is 5.95 Å². The van der Waals surface area contributed by atoms with E-state index in [4.69, 9.17) is 4.74 Å². The summed E-state index contributed by atoms with van der Waals surface area (Å²) in [5.41, 5.74) is -2.38. The van der Waals surface area contributed by atoms with Crippen LogP contribution in [0.5, 0.6) is 0 Å². The average molecular weight is 393 g/mol. The second-order valence-corrected chi connectivity index (χ2v) is 7.36. The number of rotatable bonds is 4. The number of aromatic nitrogens is 3. The van der Waals surface area contributed by atoms with E-state index in [0.717, 1.165) is 17.6 Å². The topological polar surface area (TPSA) is 92.3 Å². The molecule has 0 radical (unpaired) electrons. The Hall–Kier alpha value is -2.67. The zero-order valence-electron chi connectivity index (χ0n) is 15.1. The summed E-state index contributed by atoms with van der Waals surface area (Å²) in [6, 6.07) is 1.15. The van der Waals surface area contributed by atoms with Gasteiger partial charge in [-0.2, -0.15) is 5.26 Å². The number of carbonyl (C=O) groups excluding carboxylic acids is 1. The largest absolute Gasteiger partial charge is 0.374 e. The van der Waals surface area contributed by atoms with Gasteiger partial charge in [-0.05, 0) is 19.3 Å². The molecule has 10 heteroatoms. The molecular weight excluding hydrogens is 375 g/mol. The number of nitrogens with one attached hydrogen (secondary N) is 1. The fraction of sp³-hybridized carbons (Fsp3) is 0.556. The van der Waals surface area contributed by atoms with Crippen LogP contribution in [0.25, 0.3) is 5.52 Å². The molecule has 4 rings (SSSR count). The van der Waals surface area contributed by atoms with Crippen molar-refractivity contribution in [3.05, 3.63) is 23.3 Å². The third-order valence-corrected chi connectivity index (χ3v) is 5.72. The minimum Gasteiger partial charge on any atom is -0.374 e. The molecule has 1 aliphatic carbocycles. The first kappa shape index (κ1) is 18.7. The molecule has 2 aliphatic rings. The molecule has 1 atom stereocenters. The Morgan fingerprint density at radius 1 is 1.46 bits per heavy atom. The lowest BCUT2D eigenvalue weighted by molar-refractivity contribution is -0.128. The van der Waals surface area contributed by atoms with E-state index in [0.29, 0.717) is 19.4 Å². The molecule has 2 aromatic heterocycles. The molecular formula is C18H18F3N5O2. The van der Waals surface area contributed by atoms with E-state index >= 15 is 0 Å². The minimum absolute atomic E-state index is 0.00221. The Morgan fingerprint density at radius 2 is 2.21 bits per heavy atom. The standard InChI is InChI=1S/C18H18F3N5O2/c1-17(20,21)18(4-2-5-18)15-10(7-22)14(19)12-8-23-16(25-26(12)15)24-11-3-6-28-9-13(11)27/h8,11H,2-6,9H2,1H3,(H,24,25)/t11-/m1/s1. The van der Waals surface area contributed by atoms with Gasteiger partial charge in [0.1, 0.15) is 23.8 Å². The first-order valence-corrected chi connectivity index (χ1v) is 9.01. The summed E-state index contributed by atoms with van der Waals surface area (Å²) in [5, 5.41) is 16.5. The summed E-state index contributed by atoms with van der Waals surface area (Å²) in [6.45, 7) is 1.14. The average Bonchev–Trinajstić information content (AvgIpc) is 2.87. The molecule has 28 heavy (non-hydrogen) atoms. The monoisotopic (exact) mass is 393 g/mol. The number of nitrogens with zero attached hydrogens (tertiary/aromatic N) is 4. The number of ketones is 1. The zero-order valence-corrected chi connectivity index (χ0v) is 15.1. The number of Topliss-reactive ketones (excluding diaryl/α,β-unsaturated/α-hetero) is 1. The molecule has 1 saturated heterocycles. The van der Waals surface area contributed by atoms with E-state index in [1.165, 1.54) is 0 Å². The molecule has 0 aromatic carbocycles. The lowest BCUT2D eigenvalue weighted by atomic mass is 9.62. The first-order valence-electron chi connectivity index (χ1n) is 9.01. The first-order chi connectivity index (χ1) is 13.3. The number of nitriles is 1. The second kappa shape index (κ2) is 6.44. The van der Waals surface area contributed by atoms with Crippen molar-refractivity contribution in [2.45, 2.75) is 50.0 Å². The molecule has 3 heterocycles. The summed E-state index contributed by atoms with van der Waals surface area (Å²) in [4.78, 5) is 15.9. The SMILES string of the molecule is CC(F)(F)C1(c2c(C#N)c(F)c3cnc(N[C@@H]4CCOCC4=O)nn23)CCC1. The van der Waals surface area contributed by atoms with Crippen molar-refractivity contribution >= 4 is 17.2 Å². The molecule has 1 N–H and O–H groups in total. The normalized spacial score (nSPS) is 22.0. The van der Waals surface area contributed by atoms with Gasteiger partial charge in [-0.15, -0.1) is 5.10 Å². The van der Waals surface area contributed by atoms with Crippen LogP contribution in [0.15, 0.2) is 6.20 Å². The molecule has 0 amide bonds. The summed E-state index contributed by atoms with van der Waals surface area (Å²) < 4.78 is 49.9. The Morgan fingerprint density at radius 3 is 2.79 bits per heavy atom. The Balaban J connectivity index is 1.84. The van der Waals surface area contributed by atoms with Crippen molar-refractivity contribution in [1.82, 2.24) is 14.6 Å². The van der Waals surface area contributed by atoms with E-state index in [1.54, 1.807) is 6.07 Å². The van der Waals surface area contributed by atoms with Crippen molar-refractivity contribution in [2.75, 3.05) is 18.5 Å². The minimum atomic E-state index is -3.16. The van der Waals surface area contributed by atoms with E-state index in [-0.39, 0.29) is 42.4 Å². The molecule has 0 spiro atoms. The number of carbonyl (C=O) groups is 1. The number of hydrogen-bond acceptors (Lipinski definition) is 6. The maximum absolute atomic E-state index is 14.8. The van der Waals surface area contributed by atoms with Gasteiger partial charge in [0.05, 0.1) is 23.3 Å². The van der Waals surface area contributed by atoms with Crippen LogP contribution in [-0.4, -0.2) is 45.6 Å². The Kier molecular flexibility index (Phi) is 4.30. The summed E-state index contributed by atoms with van der Waals surface area (Å²) in [7, 11) is 0. The maximum Gasteiger partial charge on any atom is 0.256 e. The lowest BCUT2D eigenvalue weighted by Crippen LogP contribution is -2.50. The molecule has 2 fully saturated rings. The number of ether oxygens (including phenoxy) is 1. The fourth-order valence-electron chi connectivity index (χ4n) is 3.98. The zero-order chi connectivity index (χ0) is 20.1. The van der Waals surface area contributed by atoms with Crippen LogP contribution in [0.1, 0.15) is 43.9 Å². The highest BCUT2D eigenvalue weighted by atomic mass is 19.3. The summed E-state index contributed by atoms with van der Waals surface area (Å²) in [5.74, 6) is -4.25. The van der Waals surface area contributed by atoms with Crippen molar-refractivity contribution in [3.8, 4) is 6.07 Å². The molecule has 7 nitrogen and oxygen atoms in total. The number of alkyl halides is 2. The van der Waals surface area contributed by atoms with Crippen LogP contribution >= 0.6 is 0 Å². The van der Waals surface area contributed by atoms with Crippen molar-refractivity contribution in [2.24, 2.45) is 0 Å². The van der Waals surface area contributed by atoms with Gasteiger partial charge in [0.15, 0.2) is 11.6 Å². The molecule has 0 unspecified atom stereocenters. The van der Waals surface area contributed by atoms with E-state index < -0.39 is 28.8 Å². The Bertz CT molecular complexity index is 988. The summed E-state index contributed by atoms with van der Waals surface area (Å²) >= 11 is 0. The van der Waals surface area contributed by atoms with Crippen LogP contribution in [0.3, 0.4) is 0 Å². The third-order valence-electron chi connectivity index (χ3n) is 5.72. The highest BCUT2D eigenvalue weighted by molar-refractivity contribution is 5.87. The lowest BCUT2D eigenvalue weighted by Gasteiger charge is -2.45. The molecule has 1 aliphatic heterocycles. The number of fused-ring (bicyclic) bond motifs is 1. The van der Waals surface area contributed by atoms with Gasteiger partial charge in [0, 0.05) is 13.5 Å². The van der Waals surface area contributed by atoms with Crippen LogP contribution in [0.2, 0.25) is 0 Å². The third kappa shape index (κ3) is 2.64. The van der Waals surface area contributed by atoms with Gasteiger partial charge in [-0.3, -0.25) is 4.79 Å². The van der Waals surface area contributed by atoms with Gasteiger partial charge in [0.25, 0.3) is 5.92 Å². The van der Waals surface area contributed by atoms with Crippen molar-refractivity contribution in [3.63, 3.8) is 0 Å². The van der Waals surface area contributed by atoms with Gasteiger partial charge in [-0.25, -0.2) is 22.7 Å². The van der Waals surface area contributed by atoms with E-state index in [1.807, 2.05) is 0 Å². The quantitative estimate of drug-likeness (QED) is 0.858. The number of halogens is 3. The van der Waals surface area contributed by atoms with Crippen molar-refractivity contribution in [1.29, 1.82) is 5.26 Å². The second-order valence-electron chi connectivity index (χ2n) is 7.36. The van der Waals surface area contributed by atoms with Crippen LogP contribution < -0.4 is 5.32 Å². The van der Waals surface area contributed by atoms with E-state index in [2.05, 4.69) is 15.4 Å². The predicted octanol–water partition coefficient (Wildman–Crippen LogP) is 2.59. The summed E-state index contributed by atoms with van der Waals surface area (Å²) in [6.07, 6.45) is 2.35. The van der Waals surface area contributed by atoms with Gasteiger partial charge >= 0.3 is 0 Å². The van der Waals surface area contributed by atoms with Gasteiger partial charge < -0.3 is 10.1 Å². The van der Waals surface area contributed by atoms with Gasteiger partial charge in [-0.1, -0.05) is 6.42 Å². The molecule has 2 aromatic rings. The number of anilines is 1. The van der Waals surface area contributed by atoms with Crippen LogP contribution in [-0.2, 0) is 14.9 Å². The van der Waals surface area contributed by atoms with Crippen LogP contribution in [0, 0.1) is 17.1 Å². The highest BCUT2D eigenvalue weighted by Crippen LogP contribution is 2.55. The predicted molar refractivity (Wildman–Crippen MR) is 91.7 cm³/mol. The number of hydrogen-bond donors (Lipinski definition) is 1. The highest BCUT2D eigenvalue weighted by Gasteiger charge is 2.58. The van der Waals surface area contributed by atoms with E-state index in [9.17, 15) is 23.2 Å². The molecule has 148 valence electrons. The Labute approximate surface area is 158 Å². The molecule has 0 bridgehead atoms. The fourth-order valence-corrected chi connectivity index (χ4v) is 3.98. The maximum atomic E-state index is 14.8.